The molecule has 2 heteroatoms. The zero-order valence-corrected chi connectivity index (χ0v) is 13.0. The fourth-order valence-corrected chi connectivity index (χ4v) is 3.46. The van der Waals surface area contributed by atoms with Gasteiger partial charge in [-0.15, -0.1) is 0 Å². The minimum Gasteiger partial charge on any atom is -0.370 e. The van der Waals surface area contributed by atoms with Crippen LogP contribution in [0, 0.1) is 0 Å². The summed E-state index contributed by atoms with van der Waals surface area (Å²) in [7, 11) is 0. The van der Waals surface area contributed by atoms with Crippen LogP contribution in [0.2, 0.25) is 0 Å². The van der Waals surface area contributed by atoms with Gasteiger partial charge in [-0.05, 0) is 29.4 Å². The van der Waals surface area contributed by atoms with Crippen LogP contribution in [0.5, 0.6) is 0 Å². The van der Waals surface area contributed by atoms with Crippen molar-refractivity contribution in [2.45, 2.75) is 63.5 Å². The highest BCUT2D eigenvalue weighted by Crippen LogP contribution is 2.35. The fraction of sp³-hybridized carbons (Fsp3) is 0.667. The number of hydrogen-bond donors (Lipinski definition) is 1. The van der Waals surface area contributed by atoms with Crippen LogP contribution in [0.25, 0.3) is 0 Å². The SMILES string of the molecule is CC(C)(C)c1ccc(C2CNC3(CCCC3)CO2)cc1. The number of hydrogen-bond acceptors (Lipinski definition) is 2. The molecule has 1 saturated heterocycles. The Morgan fingerprint density at radius 1 is 1.10 bits per heavy atom. The lowest BCUT2D eigenvalue weighted by Gasteiger charge is -2.39. The number of nitrogens with one attached hydrogen (secondary N) is 1. The van der Waals surface area contributed by atoms with E-state index in [1.54, 1.807) is 0 Å². The second kappa shape index (κ2) is 5.16. The molecule has 1 aromatic carbocycles. The van der Waals surface area contributed by atoms with Gasteiger partial charge in [0.2, 0.25) is 0 Å². The molecule has 110 valence electrons. The lowest BCUT2D eigenvalue weighted by atomic mass is 9.86. The molecule has 2 fully saturated rings. The quantitative estimate of drug-likeness (QED) is 0.836. The lowest BCUT2D eigenvalue weighted by Crippen LogP contribution is -2.53. The Morgan fingerprint density at radius 3 is 2.25 bits per heavy atom. The standard InChI is InChI=1S/C18H27NO/c1-17(2,3)15-8-6-14(7-9-15)16-12-19-18(13-20-16)10-4-5-11-18/h6-9,16,19H,4-5,10-13H2,1-3H3. The number of rotatable bonds is 1. The molecule has 0 radical (unpaired) electrons. The second-order valence-electron chi connectivity index (χ2n) is 7.54. The van der Waals surface area contributed by atoms with Crippen LogP contribution >= 0.6 is 0 Å². The van der Waals surface area contributed by atoms with E-state index in [9.17, 15) is 0 Å². The Labute approximate surface area is 122 Å². The van der Waals surface area contributed by atoms with E-state index in [0.29, 0.717) is 5.54 Å². The topological polar surface area (TPSA) is 21.3 Å². The Kier molecular flexibility index (Phi) is 3.64. The normalized spacial score (nSPS) is 26.1. The van der Waals surface area contributed by atoms with Crippen LogP contribution in [0.1, 0.15) is 63.7 Å². The first-order chi connectivity index (χ1) is 9.49. The maximum Gasteiger partial charge on any atom is 0.0950 e. The van der Waals surface area contributed by atoms with Crippen molar-refractivity contribution in [3.63, 3.8) is 0 Å². The first-order valence-corrected chi connectivity index (χ1v) is 7.96. The highest BCUT2D eigenvalue weighted by Gasteiger charge is 2.38. The van der Waals surface area contributed by atoms with Gasteiger partial charge in [0.05, 0.1) is 12.7 Å². The highest BCUT2D eigenvalue weighted by molar-refractivity contribution is 5.29. The van der Waals surface area contributed by atoms with Gasteiger partial charge in [-0.25, -0.2) is 0 Å². The summed E-state index contributed by atoms with van der Waals surface area (Å²) < 4.78 is 6.16. The van der Waals surface area contributed by atoms with Crippen molar-refractivity contribution in [2.24, 2.45) is 0 Å². The van der Waals surface area contributed by atoms with Gasteiger partial charge in [0, 0.05) is 12.1 Å². The van der Waals surface area contributed by atoms with E-state index in [-0.39, 0.29) is 11.5 Å². The molecule has 0 aromatic heterocycles. The molecule has 2 aliphatic rings. The van der Waals surface area contributed by atoms with Gasteiger partial charge in [0.1, 0.15) is 0 Å². The first kappa shape index (κ1) is 14.1. The summed E-state index contributed by atoms with van der Waals surface area (Å²) >= 11 is 0. The highest BCUT2D eigenvalue weighted by atomic mass is 16.5. The fourth-order valence-electron chi connectivity index (χ4n) is 3.46. The van der Waals surface area contributed by atoms with Crippen LogP contribution in [-0.4, -0.2) is 18.7 Å². The third-order valence-electron chi connectivity index (χ3n) is 4.93. The smallest absolute Gasteiger partial charge is 0.0950 e. The molecular formula is C18H27NO. The molecule has 1 unspecified atom stereocenters. The Morgan fingerprint density at radius 2 is 1.75 bits per heavy atom. The van der Waals surface area contributed by atoms with Gasteiger partial charge >= 0.3 is 0 Å². The van der Waals surface area contributed by atoms with E-state index >= 15 is 0 Å². The molecule has 1 atom stereocenters. The summed E-state index contributed by atoms with van der Waals surface area (Å²) in [5, 5.41) is 3.76. The van der Waals surface area contributed by atoms with Gasteiger partial charge in [-0.1, -0.05) is 57.9 Å². The Balaban J connectivity index is 1.66. The monoisotopic (exact) mass is 273 g/mol. The van der Waals surface area contributed by atoms with E-state index in [1.165, 1.54) is 36.8 Å². The summed E-state index contributed by atoms with van der Waals surface area (Å²) in [5.41, 5.74) is 3.20. The van der Waals surface area contributed by atoms with Crippen LogP contribution < -0.4 is 5.32 Å². The summed E-state index contributed by atoms with van der Waals surface area (Å²) in [6.07, 6.45) is 5.48. The van der Waals surface area contributed by atoms with Crippen molar-refractivity contribution in [1.82, 2.24) is 5.32 Å². The van der Waals surface area contributed by atoms with Gasteiger partial charge in [0.15, 0.2) is 0 Å². The molecule has 0 amide bonds. The van der Waals surface area contributed by atoms with E-state index in [4.69, 9.17) is 4.74 Å². The molecule has 1 N–H and O–H groups in total. The van der Waals surface area contributed by atoms with Crippen LogP contribution in [0.3, 0.4) is 0 Å². The molecule has 1 aromatic rings. The lowest BCUT2D eigenvalue weighted by molar-refractivity contribution is -0.0326. The van der Waals surface area contributed by atoms with Crippen molar-refractivity contribution in [3.05, 3.63) is 35.4 Å². The average molecular weight is 273 g/mol. The Bertz CT molecular complexity index is 441. The van der Waals surface area contributed by atoms with Crippen LogP contribution in [-0.2, 0) is 10.2 Å². The zero-order valence-electron chi connectivity index (χ0n) is 13.0. The van der Waals surface area contributed by atoms with Crippen molar-refractivity contribution >= 4 is 0 Å². The minimum absolute atomic E-state index is 0.218. The van der Waals surface area contributed by atoms with E-state index < -0.39 is 0 Å². The molecule has 3 rings (SSSR count). The van der Waals surface area contributed by atoms with Crippen molar-refractivity contribution in [3.8, 4) is 0 Å². The van der Waals surface area contributed by atoms with Gasteiger partial charge in [-0.3, -0.25) is 0 Å². The molecule has 1 aliphatic carbocycles. The number of morpholine rings is 1. The van der Waals surface area contributed by atoms with Crippen molar-refractivity contribution < 1.29 is 4.74 Å². The summed E-state index contributed by atoms with van der Waals surface area (Å²) in [4.78, 5) is 0. The maximum atomic E-state index is 6.16. The molecule has 1 spiro atoms. The van der Waals surface area contributed by atoms with E-state index in [0.717, 1.165) is 13.2 Å². The van der Waals surface area contributed by atoms with Gasteiger partial charge < -0.3 is 10.1 Å². The molecule has 1 aliphatic heterocycles. The zero-order chi connectivity index (χ0) is 14.2. The number of benzene rings is 1. The van der Waals surface area contributed by atoms with Crippen LogP contribution in [0.15, 0.2) is 24.3 Å². The largest absolute Gasteiger partial charge is 0.370 e. The Hall–Kier alpha value is -0.860. The van der Waals surface area contributed by atoms with E-state index in [2.05, 4.69) is 50.4 Å². The van der Waals surface area contributed by atoms with Gasteiger partial charge in [-0.2, -0.15) is 0 Å². The molecule has 1 heterocycles. The predicted molar refractivity (Wildman–Crippen MR) is 83.0 cm³/mol. The summed E-state index contributed by atoms with van der Waals surface area (Å²) in [5.74, 6) is 0. The number of ether oxygens (including phenoxy) is 1. The minimum atomic E-state index is 0.218. The van der Waals surface area contributed by atoms with Gasteiger partial charge in [0.25, 0.3) is 0 Å². The third kappa shape index (κ3) is 2.77. The second-order valence-corrected chi connectivity index (χ2v) is 7.54. The maximum absolute atomic E-state index is 6.16. The summed E-state index contributed by atoms with van der Waals surface area (Å²) in [6.45, 7) is 8.59. The first-order valence-electron chi connectivity index (χ1n) is 7.96. The van der Waals surface area contributed by atoms with Crippen molar-refractivity contribution in [2.75, 3.05) is 13.2 Å². The molecular weight excluding hydrogens is 246 g/mol. The summed E-state index contributed by atoms with van der Waals surface area (Å²) in [6, 6.07) is 8.97. The molecule has 2 nitrogen and oxygen atoms in total. The van der Waals surface area contributed by atoms with Crippen molar-refractivity contribution in [1.29, 1.82) is 0 Å². The molecule has 1 saturated carbocycles. The molecule has 0 bridgehead atoms. The predicted octanol–water partition coefficient (Wildman–Crippen LogP) is 3.96. The van der Waals surface area contributed by atoms with E-state index in [1.807, 2.05) is 0 Å². The average Bonchev–Trinajstić information content (AvgIpc) is 2.87. The van der Waals surface area contributed by atoms with Crippen LogP contribution in [0.4, 0.5) is 0 Å². The molecule has 20 heavy (non-hydrogen) atoms. The third-order valence-corrected chi connectivity index (χ3v) is 4.93.